The molecule has 0 aliphatic heterocycles. The van der Waals surface area contributed by atoms with Crippen molar-refractivity contribution < 1.29 is 0 Å². The van der Waals surface area contributed by atoms with Gasteiger partial charge >= 0.3 is 0 Å². The van der Waals surface area contributed by atoms with Gasteiger partial charge in [0.15, 0.2) is 0 Å². The van der Waals surface area contributed by atoms with Crippen molar-refractivity contribution in [1.82, 2.24) is 9.97 Å². The lowest BCUT2D eigenvalue weighted by molar-refractivity contribution is 0.602. The summed E-state index contributed by atoms with van der Waals surface area (Å²) in [6, 6.07) is 0.541. The molecule has 2 unspecified atom stereocenters. The summed E-state index contributed by atoms with van der Waals surface area (Å²) in [5.74, 6) is 2.59. The molecule has 100 valence electrons. The first-order valence-corrected chi connectivity index (χ1v) is 7.27. The Morgan fingerprint density at radius 1 is 1.33 bits per heavy atom. The average molecular weight is 268 g/mol. The van der Waals surface area contributed by atoms with Crippen LogP contribution < -0.4 is 5.32 Å². The zero-order chi connectivity index (χ0) is 13.1. The Kier molecular flexibility index (Phi) is 4.44. The number of nitrogens with one attached hydrogen (secondary N) is 1. The van der Waals surface area contributed by atoms with E-state index in [0.29, 0.717) is 11.2 Å². The zero-order valence-corrected chi connectivity index (χ0v) is 12.2. The van der Waals surface area contributed by atoms with Gasteiger partial charge in [-0.25, -0.2) is 9.97 Å². The van der Waals surface area contributed by atoms with Crippen LogP contribution in [-0.2, 0) is 6.42 Å². The van der Waals surface area contributed by atoms with Gasteiger partial charge in [0.05, 0.1) is 0 Å². The summed E-state index contributed by atoms with van der Waals surface area (Å²) in [7, 11) is 0. The molecular weight excluding hydrogens is 246 g/mol. The summed E-state index contributed by atoms with van der Waals surface area (Å²) in [6.45, 7) is 6.42. The summed E-state index contributed by atoms with van der Waals surface area (Å²) < 4.78 is 0. The van der Waals surface area contributed by atoms with Crippen LogP contribution in [0.5, 0.6) is 0 Å². The van der Waals surface area contributed by atoms with Gasteiger partial charge < -0.3 is 5.32 Å². The van der Waals surface area contributed by atoms with Crippen LogP contribution in [0, 0.1) is 12.8 Å². The molecule has 0 amide bonds. The number of aromatic nitrogens is 2. The van der Waals surface area contributed by atoms with E-state index < -0.39 is 0 Å². The lowest BCUT2D eigenvalue weighted by Crippen LogP contribution is -2.18. The molecule has 0 aromatic carbocycles. The normalized spacial score (nSPS) is 23.3. The number of nitrogens with zero attached hydrogens (tertiary/aromatic N) is 2. The molecule has 3 nitrogen and oxygen atoms in total. The molecule has 1 heterocycles. The van der Waals surface area contributed by atoms with Crippen molar-refractivity contribution in [2.75, 3.05) is 5.32 Å². The SMILES string of the molecule is CCCc1nc(Cl)c(C)c(NC2CCC(C)C2)n1. The average Bonchev–Trinajstić information content (AvgIpc) is 2.71. The first-order chi connectivity index (χ1) is 8.60. The summed E-state index contributed by atoms with van der Waals surface area (Å²) in [5, 5.41) is 4.13. The Morgan fingerprint density at radius 3 is 2.72 bits per heavy atom. The maximum Gasteiger partial charge on any atom is 0.137 e. The van der Waals surface area contributed by atoms with E-state index in [2.05, 4.69) is 29.1 Å². The van der Waals surface area contributed by atoms with Crippen molar-refractivity contribution in [3.63, 3.8) is 0 Å². The number of aryl methyl sites for hydroxylation is 1. The minimum absolute atomic E-state index is 0.541. The molecule has 0 spiro atoms. The predicted molar refractivity (Wildman–Crippen MR) is 76.2 cm³/mol. The third-order valence-corrected chi connectivity index (χ3v) is 4.01. The molecule has 1 fully saturated rings. The van der Waals surface area contributed by atoms with Crippen LogP contribution in [0.25, 0.3) is 0 Å². The number of anilines is 1. The van der Waals surface area contributed by atoms with Crippen LogP contribution in [0.2, 0.25) is 5.15 Å². The van der Waals surface area contributed by atoms with E-state index in [-0.39, 0.29) is 0 Å². The largest absolute Gasteiger partial charge is 0.367 e. The van der Waals surface area contributed by atoms with Gasteiger partial charge in [-0.2, -0.15) is 0 Å². The predicted octanol–water partition coefficient (Wildman–Crippen LogP) is 3.99. The van der Waals surface area contributed by atoms with Gasteiger partial charge in [-0.3, -0.25) is 0 Å². The molecule has 18 heavy (non-hydrogen) atoms. The monoisotopic (exact) mass is 267 g/mol. The van der Waals surface area contributed by atoms with E-state index in [1.807, 2.05) is 6.92 Å². The number of rotatable bonds is 4. The second-order valence-corrected chi connectivity index (χ2v) is 5.77. The van der Waals surface area contributed by atoms with E-state index in [9.17, 15) is 0 Å². The molecule has 2 atom stereocenters. The van der Waals surface area contributed by atoms with E-state index in [0.717, 1.165) is 36.0 Å². The molecular formula is C14H22ClN3. The summed E-state index contributed by atoms with van der Waals surface area (Å²) >= 11 is 6.18. The van der Waals surface area contributed by atoms with Crippen LogP contribution in [0.1, 0.15) is 50.9 Å². The highest BCUT2D eigenvalue weighted by atomic mass is 35.5. The minimum Gasteiger partial charge on any atom is -0.367 e. The second kappa shape index (κ2) is 5.87. The molecule has 1 N–H and O–H groups in total. The topological polar surface area (TPSA) is 37.8 Å². The fourth-order valence-corrected chi connectivity index (χ4v) is 2.73. The summed E-state index contributed by atoms with van der Waals surface area (Å²) in [4.78, 5) is 8.93. The zero-order valence-electron chi connectivity index (χ0n) is 11.5. The fourth-order valence-electron chi connectivity index (χ4n) is 2.54. The molecule has 0 radical (unpaired) electrons. The highest BCUT2D eigenvalue weighted by molar-refractivity contribution is 6.30. The molecule has 1 aliphatic carbocycles. The Morgan fingerprint density at radius 2 is 2.11 bits per heavy atom. The minimum atomic E-state index is 0.541. The van der Waals surface area contributed by atoms with Crippen LogP contribution in [0.3, 0.4) is 0 Å². The van der Waals surface area contributed by atoms with Gasteiger partial charge in [-0.05, 0) is 38.5 Å². The number of hydrogen-bond acceptors (Lipinski definition) is 3. The van der Waals surface area contributed by atoms with Crippen molar-refractivity contribution in [3.8, 4) is 0 Å². The smallest absolute Gasteiger partial charge is 0.137 e. The lowest BCUT2D eigenvalue weighted by atomic mass is 10.1. The maximum absolute atomic E-state index is 6.18. The first kappa shape index (κ1) is 13.6. The molecule has 0 bridgehead atoms. The van der Waals surface area contributed by atoms with E-state index >= 15 is 0 Å². The quantitative estimate of drug-likeness (QED) is 0.838. The first-order valence-electron chi connectivity index (χ1n) is 6.89. The third kappa shape index (κ3) is 3.14. The number of halogens is 1. The van der Waals surface area contributed by atoms with Gasteiger partial charge in [-0.15, -0.1) is 0 Å². The molecule has 1 saturated carbocycles. The Balaban J connectivity index is 2.15. The standard InChI is InChI=1S/C14H22ClN3/c1-4-5-12-17-13(15)10(3)14(18-12)16-11-7-6-9(2)8-11/h9,11H,4-8H2,1-3H3,(H,16,17,18). The van der Waals surface area contributed by atoms with E-state index in [4.69, 9.17) is 11.6 Å². The van der Waals surface area contributed by atoms with Crippen molar-refractivity contribution in [3.05, 3.63) is 16.5 Å². The summed E-state index contributed by atoms with van der Waals surface area (Å²) in [5.41, 5.74) is 0.969. The van der Waals surface area contributed by atoms with Crippen LogP contribution in [-0.4, -0.2) is 16.0 Å². The van der Waals surface area contributed by atoms with Crippen molar-refractivity contribution in [1.29, 1.82) is 0 Å². The molecule has 1 aromatic heterocycles. The second-order valence-electron chi connectivity index (χ2n) is 5.41. The van der Waals surface area contributed by atoms with Gasteiger partial charge in [-0.1, -0.05) is 25.4 Å². The van der Waals surface area contributed by atoms with Crippen LogP contribution in [0.15, 0.2) is 0 Å². The molecule has 0 saturated heterocycles. The Hall–Kier alpha value is -0.830. The fraction of sp³-hybridized carbons (Fsp3) is 0.714. The van der Waals surface area contributed by atoms with Gasteiger partial charge in [0.25, 0.3) is 0 Å². The summed E-state index contributed by atoms with van der Waals surface area (Å²) in [6.07, 6.45) is 5.68. The van der Waals surface area contributed by atoms with Crippen LogP contribution in [0.4, 0.5) is 5.82 Å². The van der Waals surface area contributed by atoms with E-state index in [1.165, 1.54) is 19.3 Å². The Bertz CT molecular complexity index is 420. The maximum atomic E-state index is 6.18. The van der Waals surface area contributed by atoms with Gasteiger partial charge in [0, 0.05) is 18.0 Å². The van der Waals surface area contributed by atoms with Crippen LogP contribution >= 0.6 is 11.6 Å². The highest BCUT2D eigenvalue weighted by Gasteiger charge is 2.22. The Labute approximate surface area is 114 Å². The molecule has 4 heteroatoms. The van der Waals surface area contributed by atoms with Gasteiger partial charge in [0.2, 0.25) is 0 Å². The lowest BCUT2D eigenvalue weighted by Gasteiger charge is -2.16. The highest BCUT2D eigenvalue weighted by Crippen LogP contribution is 2.29. The van der Waals surface area contributed by atoms with Gasteiger partial charge in [0.1, 0.15) is 16.8 Å². The van der Waals surface area contributed by atoms with Crippen molar-refractivity contribution in [2.45, 2.75) is 58.9 Å². The third-order valence-electron chi connectivity index (χ3n) is 3.64. The van der Waals surface area contributed by atoms with Crippen molar-refractivity contribution >= 4 is 17.4 Å². The molecule has 1 aliphatic rings. The molecule has 2 rings (SSSR count). The van der Waals surface area contributed by atoms with E-state index in [1.54, 1.807) is 0 Å². The number of hydrogen-bond donors (Lipinski definition) is 1. The van der Waals surface area contributed by atoms with Crippen molar-refractivity contribution in [2.24, 2.45) is 5.92 Å². The molecule has 1 aromatic rings.